The van der Waals surface area contributed by atoms with Crippen LogP contribution in [0.4, 0.5) is 11.4 Å². The molecule has 4 heteroatoms. The molecule has 2 N–H and O–H groups in total. The van der Waals surface area contributed by atoms with Gasteiger partial charge in [0.15, 0.2) is 0 Å². The molecule has 1 aliphatic heterocycles. The van der Waals surface area contributed by atoms with Gasteiger partial charge in [-0.3, -0.25) is 4.79 Å². The first kappa shape index (κ1) is 10.4. The molecule has 0 radical (unpaired) electrons. The Morgan fingerprint density at radius 1 is 1.35 bits per heavy atom. The normalized spacial score (nSPS) is 13.8. The maximum atomic E-state index is 12.3. The number of rotatable bonds is 1. The molecule has 2 heterocycles. The van der Waals surface area contributed by atoms with E-state index in [4.69, 9.17) is 5.73 Å². The molecule has 0 atom stereocenters. The van der Waals surface area contributed by atoms with Crippen molar-refractivity contribution in [2.24, 2.45) is 0 Å². The highest BCUT2D eigenvalue weighted by atomic mass is 32.1. The molecule has 0 bridgehead atoms. The van der Waals surface area contributed by atoms with E-state index < -0.39 is 0 Å². The second kappa shape index (κ2) is 3.89. The van der Waals surface area contributed by atoms with Gasteiger partial charge in [-0.2, -0.15) is 11.3 Å². The van der Waals surface area contributed by atoms with E-state index in [-0.39, 0.29) is 5.91 Å². The number of hydrogen-bond acceptors (Lipinski definition) is 3. The minimum Gasteiger partial charge on any atom is -0.397 e. The molecule has 3 rings (SSSR count). The van der Waals surface area contributed by atoms with E-state index in [0.29, 0.717) is 5.69 Å². The number of amides is 1. The van der Waals surface area contributed by atoms with E-state index >= 15 is 0 Å². The molecule has 0 unspecified atom stereocenters. The number of nitrogen functional groups attached to an aromatic ring is 1. The van der Waals surface area contributed by atoms with Crippen molar-refractivity contribution in [1.29, 1.82) is 0 Å². The van der Waals surface area contributed by atoms with Crippen LogP contribution in [-0.4, -0.2) is 12.5 Å². The van der Waals surface area contributed by atoms with Crippen molar-refractivity contribution in [2.45, 2.75) is 6.42 Å². The van der Waals surface area contributed by atoms with Crippen LogP contribution in [0.3, 0.4) is 0 Å². The Hall–Kier alpha value is -1.81. The summed E-state index contributed by atoms with van der Waals surface area (Å²) in [5.41, 5.74) is 9.44. The molecule has 3 nitrogen and oxygen atoms in total. The van der Waals surface area contributed by atoms with Crippen LogP contribution in [-0.2, 0) is 6.42 Å². The number of benzene rings is 1. The molecular weight excluding hydrogens is 232 g/mol. The van der Waals surface area contributed by atoms with Gasteiger partial charge in [0.25, 0.3) is 5.91 Å². The fraction of sp³-hybridized carbons (Fsp3) is 0.154. The number of carbonyl (C=O) groups excluding carboxylic acids is 1. The summed E-state index contributed by atoms with van der Waals surface area (Å²) in [6.07, 6.45) is 0.885. The lowest BCUT2D eigenvalue weighted by molar-refractivity contribution is 0.0990. The molecular formula is C13H12N2OS. The van der Waals surface area contributed by atoms with E-state index in [0.717, 1.165) is 29.8 Å². The highest BCUT2D eigenvalue weighted by Crippen LogP contribution is 2.34. The van der Waals surface area contributed by atoms with Crippen molar-refractivity contribution in [3.8, 4) is 0 Å². The average Bonchev–Trinajstić information content (AvgIpc) is 2.98. The fourth-order valence-corrected chi connectivity index (χ4v) is 2.86. The van der Waals surface area contributed by atoms with Gasteiger partial charge in [-0.25, -0.2) is 0 Å². The predicted octanol–water partition coefficient (Wildman–Crippen LogP) is 2.53. The topological polar surface area (TPSA) is 46.3 Å². The third-order valence-electron chi connectivity index (χ3n) is 3.04. The van der Waals surface area contributed by atoms with Crippen LogP contribution >= 0.6 is 11.3 Å². The molecule has 0 fully saturated rings. The first-order valence-corrected chi connectivity index (χ1v) is 6.43. The standard InChI is InChI=1S/C13H12N2OS/c14-11-3-1-2-9-4-6-15(12(9)11)13(16)10-5-7-17-8-10/h1-3,5,7-8H,4,6,14H2. The molecule has 86 valence electrons. The van der Waals surface area contributed by atoms with E-state index in [1.807, 2.05) is 35.0 Å². The van der Waals surface area contributed by atoms with E-state index in [1.165, 1.54) is 11.3 Å². The van der Waals surface area contributed by atoms with Gasteiger partial charge in [-0.15, -0.1) is 0 Å². The van der Waals surface area contributed by atoms with Crippen molar-refractivity contribution >= 4 is 28.6 Å². The lowest BCUT2D eigenvalue weighted by Gasteiger charge is -2.18. The molecule has 1 aliphatic rings. The van der Waals surface area contributed by atoms with E-state index in [1.54, 1.807) is 4.90 Å². The van der Waals surface area contributed by atoms with Crippen molar-refractivity contribution in [3.63, 3.8) is 0 Å². The summed E-state index contributed by atoms with van der Waals surface area (Å²) in [6, 6.07) is 7.67. The molecule has 2 aromatic rings. The van der Waals surface area contributed by atoms with Crippen LogP contribution in [0.2, 0.25) is 0 Å². The Balaban J connectivity index is 2.02. The van der Waals surface area contributed by atoms with Gasteiger partial charge in [-0.05, 0) is 29.5 Å². The molecule has 0 saturated heterocycles. The Labute approximate surface area is 103 Å². The van der Waals surface area contributed by atoms with Gasteiger partial charge in [0.1, 0.15) is 0 Å². The molecule has 1 aromatic heterocycles. The number of hydrogen-bond donors (Lipinski definition) is 1. The quantitative estimate of drug-likeness (QED) is 0.783. The van der Waals surface area contributed by atoms with Crippen LogP contribution in [0.25, 0.3) is 0 Å². The average molecular weight is 244 g/mol. The van der Waals surface area contributed by atoms with Crippen LogP contribution in [0, 0.1) is 0 Å². The SMILES string of the molecule is Nc1cccc2c1N(C(=O)c1ccsc1)CC2. The maximum Gasteiger partial charge on any atom is 0.259 e. The minimum absolute atomic E-state index is 0.0444. The molecule has 0 spiro atoms. The summed E-state index contributed by atoms with van der Waals surface area (Å²) in [7, 11) is 0. The molecule has 17 heavy (non-hydrogen) atoms. The number of nitrogens with two attached hydrogens (primary N) is 1. The summed E-state index contributed by atoms with van der Waals surface area (Å²) in [4.78, 5) is 14.1. The van der Waals surface area contributed by atoms with Crippen LogP contribution < -0.4 is 10.6 Å². The zero-order chi connectivity index (χ0) is 11.8. The first-order valence-electron chi connectivity index (χ1n) is 5.49. The summed E-state index contributed by atoms with van der Waals surface area (Å²) < 4.78 is 0. The summed E-state index contributed by atoms with van der Waals surface area (Å²) in [6.45, 7) is 0.720. The number of anilines is 2. The van der Waals surface area contributed by atoms with Gasteiger partial charge in [-0.1, -0.05) is 12.1 Å². The third-order valence-corrected chi connectivity index (χ3v) is 3.72. The highest BCUT2D eigenvalue weighted by molar-refractivity contribution is 7.08. The summed E-state index contributed by atoms with van der Waals surface area (Å²) >= 11 is 1.53. The van der Waals surface area contributed by atoms with Gasteiger partial charge in [0, 0.05) is 11.9 Å². The Morgan fingerprint density at radius 3 is 3.00 bits per heavy atom. The monoisotopic (exact) mass is 244 g/mol. The second-order valence-corrected chi connectivity index (χ2v) is 4.85. The number of nitrogens with zero attached hydrogens (tertiary/aromatic N) is 1. The maximum absolute atomic E-state index is 12.3. The van der Waals surface area contributed by atoms with Crippen molar-refractivity contribution < 1.29 is 4.79 Å². The van der Waals surface area contributed by atoms with Gasteiger partial charge in [0.2, 0.25) is 0 Å². The molecule has 1 amide bonds. The molecule has 0 saturated carbocycles. The van der Waals surface area contributed by atoms with Crippen molar-refractivity contribution in [3.05, 3.63) is 46.2 Å². The van der Waals surface area contributed by atoms with Gasteiger partial charge >= 0.3 is 0 Å². The minimum atomic E-state index is 0.0444. The molecule has 1 aromatic carbocycles. The van der Waals surface area contributed by atoms with Gasteiger partial charge < -0.3 is 10.6 Å². The first-order chi connectivity index (χ1) is 8.27. The van der Waals surface area contributed by atoms with Crippen LogP contribution in [0.1, 0.15) is 15.9 Å². The number of para-hydroxylation sites is 1. The smallest absolute Gasteiger partial charge is 0.259 e. The highest BCUT2D eigenvalue weighted by Gasteiger charge is 2.27. The largest absolute Gasteiger partial charge is 0.397 e. The third kappa shape index (κ3) is 1.61. The zero-order valence-corrected chi connectivity index (χ0v) is 10.0. The fourth-order valence-electron chi connectivity index (χ4n) is 2.23. The van der Waals surface area contributed by atoms with Crippen LogP contribution in [0.5, 0.6) is 0 Å². The lowest BCUT2D eigenvalue weighted by Crippen LogP contribution is -2.29. The number of carbonyl (C=O) groups is 1. The van der Waals surface area contributed by atoms with Gasteiger partial charge in [0.05, 0.1) is 16.9 Å². The zero-order valence-electron chi connectivity index (χ0n) is 9.22. The Bertz CT molecular complexity index is 563. The predicted molar refractivity (Wildman–Crippen MR) is 70.6 cm³/mol. The molecule has 0 aliphatic carbocycles. The van der Waals surface area contributed by atoms with E-state index in [2.05, 4.69) is 0 Å². The Kier molecular flexibility index (Phi) is 2.37. The number of fused-ring (bicyclic) bond motifs is 1. The van der Waals surface area contributed by atoms with E-state index in [9.17, 15) is 4.79 Å². The second-order valence-electron chi connectivity index (χ2n) is 4.07. The summed E-state index contributed by atoms with van der Waals surface area (Å²) in [5.74, 6) is 0.0444. The van der Waals surface area contributed by atoms with Crippen molar-refractivity contribution in [2.75, 3.05) is 17.2 Å². The summed E-state index contributed by atoms with van der Waals surface area (Å²) in [5, 5.41) is 3.79. The lowest BCUT2D eigenvalue weighted by atomic mass is 10.1. The van der Waals surface area contributed by atoms with Crippen molar-refractivity contribution in [1.82, 2.24) is 0 Å². The Morgan fingerprint density at radius 2 is 2.24 bits per heavy atom. The van der Waals surface area contributed by atoms with Crippen LogP contribution in [0.15, 0.2) is 35.0 Å². The number of thiophene rings is 1.